The number of non-ortho nitro benzene ring substituents is 1. The average Bonchev–Trinajstić information content (AvgIpc) is 2.80. The molecule has 1 aliphatic heterocycles. The summed E-state index contributed by atoms with van der Waals surface area (Å²) in [4.78, 5) is 24.5. The van der Waals surface area contributed by atoms with Gasteiger partial charge in [0.05, 0.1) is 15.9 Å². The maximum Gasteiger partial charge on any atom is 0.270 e. The van der Waals surface area contributed by atoms with E-state index < -0.39 is 25.9 Å². The number of carbonyl (C=O) groups is 1. The van der Waals surface area contributed by atoms with Crippen molar-refractivity contribution in [2.45, 2.75) is 11.7 Å². The summed E-state index contributed by atoms with van der Waals surface area (Å²) in [5, 5.41) is 10.5. The van der Waals surface area contributed by atoms with Gasteiger partial charge in [0, 0.05) is 35.8 Å². The lowest BCUT2D eigenvalue weighted by Gasteiger charge is -2.20. The van der Waals surface area contributed by atoms with Crippen molar-refractivity contribution in [1.82, 2.24) is 4.90 Å². The molecule has 1 saturated heterocycles. The molecule has 142 valence electrons. The SMILES string of the molecule is O=C(c1cccc([N+](=O)[O-])c1)N1CCC(c2ccccc2Cl)S(=O)(=O)CC1. The molecule has 27 heavy (non-hydrogen) atoms. The van der Waals surface area contributed by atoms with Crippen molar-refractivity contribution >= 4 is 33.0 Å². The molecule has 0 N–H and O–H groups in total. The zero-order chi connectivity index (χ0) is 19.6. The molecule has 0 radical (unpaired) electrons. The van der Waals surface area contributed by atoms with E-state index in [1.54, 1.807) is 24.3 Å². The number of benzene rings is 2. The van der Waals surface area contributed by atoms with E-state index >= 15 is 0 Å². The Balaban J connectivity index is 1.85. The van der Waals surface area contributed by atoms with Crippen LogP contribution in [0.3, 0.4) is 0 Å². The van der Waals surface area contributed by atoms with Gasteiger partial charge in [-0.25, -0.2) is 8.42 Å². The fraction of sp³-hybridized carbons (Fsp3) is 0.278. The number of nitro benzene ring substituents is 1. The Morgan fingerprint density at radius 2 is 1.89 bits per heavy atom. The minimum Gasteiger partial charge on any atom is -0.338 e. The zero-order valence-corrected chi connectivity index (χ0v) is 15.8. The van der Waals surface area contributed by atoms with Gasteiger partial charge in [0.15, 0.2) is 9.84 Å². The number of sulfone groups is 1. The summed E-state index contributed by atoms with van der Waals surface area (Å²) in [6.45, 7) is 0.251. The van der Waals surface area contributed by atoms with Gasteiger partial charge in [-0.15, -0.1) is 0 Å². The first-order valence-electron chi connectivity index (χ1n) is 8.29. The fourth-order valence-electron chi connectivity index (χ4n) is 3.17. The third-order valence-electron chi connectivity index (χ3n) is 4.58. The second-order valence-corrected chi connectivity index (χ2v) is 8.98. The van der Waals surface area contributed by atoms with Crippen LogP contribution in [0.4, 0.5) is 5.69 Å². The highest BCUT2D eigenvalue weighted by Gasteiger charge is 2.34. The molecule has 1 aliphatic rings. The van der Waals surface area contributed by atoms with Gasteiger partial charge in [-0.05, 0) is 24.1 Å². The van der Waals surface area contributed by atoms with E-state index in [9.17, 15) is 23.3 Å². The van der Waals surface area contributed by atoms with Crippen LogP contribution < -0.4 is 0 Å². The topological polar surface area (TPSA) is 97.6 Å². The van der Waals surface area contributed by atoms with E-state index in [2.05, 4.69) is 0 Å². The van der Waals surface area contributed by atoms with Crippen molar-refractivity contribution in [3.63, 3.8) is 0 Å². The van der Waals surface area contributed by atoms with E-state index in [1.807, 2.05) is 0 Å². The minimum atomic E-state index is -3.49. The first-order chi connectivity index (χ1) is 12.8. The van der Waals surface area contributed by atoms with Crippen LogP contribution in [0, 0.1) is 10.1 Å². The normalized spacial score (nSPS) is 19.3. The predicted octanol–water partition coefficient (Wildman–Crippen LogP) is 3.25. The molecule has 1 unspecified atom stereocenters. The lowest BCUT2D eigenvalue weighted by atomic mass is 10.1. The lowest BCUT2D eigenvalue weighted by Crippen LogP contribution is -2.33. The molecule has 7 nitrogen and oxygen atoms in total. The smallest absolute Gasteiger partial charge is 0.270 e. The summed E-state index contributed by atoms with van der Waals surface area (Å²) < 4.78 is 25.4. The van der Waals surface area contributed by atoms with E-state index in [0.717, 1.165) is 0 Å². The van der Waals surface area contributed by atoms with Gasteiger partial charge < -0.3 is 4.90 Å². The van der Waals surface area contributed by atoms with Crippen LogP contribution >= 0.6 is 11.6 Å². The number of halogens is 1. The summed E-state index contributed by atoms with van der Waals surface area (Å²) in [6.07, 6.45) is 0.215. The Labute approximate surface area is 161 Å². The van der Waals surface area contributed by atoms with Crippen LogP contribution in [0.2, 0.25) is 5.02 Å². The van der Waals surface area contributed by atoms with Crippen LogP contribution in [0.15, 0.2) is 48.5 Å². The van der Waals surface area contributed by atoms with Gasteiger partial charge in [0.25, 0.3) is 11.6 Å². The molecule has 3 rings (SSSR count). The van der Waals surface area contributed by atoms with Crippen molar-refractivity contribution in [3.05, 3.63) is 74.8 Å². The van der Waals surface area contributed by atoms with E-state index in [1.165, 1.54) is 29.2 Å². The standard InChI is InChI=1S/C18H17ClN2O5S/c19-16-7-2-1-6-15(16)17-8-9-20(10-11-27(17,25)26)18(22)13-4-3-5-14(12-13)21(23)24/h1-7,12,17H,8-11H2. The number of carbonyl (C=O) groups excluding carboxylic acids is 1. The Morgan fingerprint density at radius 3 is 2.59 bits per heavy atom. The first-order valence-corrected chi connectivity index (χ1v) is 10.4. The second kappa shape index (κ2) is 7.66. The number of rotatable bonds is 3. The Morgan fingerprint density at radius 1 is 1.15 bits per heavy atom. The monoisotopic (exact) mass is 408 g/mol. The molecule has 1 atom stereocenters. The molecular weight excluding hydrogens is 392 g/mol. The Kier molecular flexibility index (Phi) is 5.48. The second-order valence-electron chi connectivity index (χ2n) is 6.27. The highest BCUT2D eigenvalue weighted by molar-refractivity contribution is 7.91. The lowest BCUT2D eigenvalue weighted by molar-refractivity contribution is -0.384. The van der Waals surface area contributed by atoms with Crippen LogP contribution in [0.25, 0.3) is 0 Å². The third kappa shape index (κ3) is 4.12. The van der Waals surface area contributed by atoms with Gasteiger partial charge in [0.2, 0.25) is 0 Å². The molecule has 0 spiro atoms. The van der Waals surface area contributed by atoms with Crippen molar-refractivity contribution < 1.29 is 18.1 Å². The first kappa shape index (κ1) is 19.3. The Hall–Kier alpha value is -2.45. The van der Waals surface area contributed by atoms with Crippen LogP contribution in [0.1, 0.15) is 27.6 Å². The summed E-state index contributed by atoms with van der Waals surface area (Å²) >= 11 is 6.17. The fourth-order valence-corrected chi connectivity index (χ4v) is 5.32. The average molecular weight is 409 g/mol. The molecule has 2 aromatic carbocycles. The molecule has 0 aromatic heterocycles. The third-order valence-corrected chi connectivity index (χ3v) is 7.04. The van der Waals surface area contributed by atoms with Crippen LogP contribution in [-0.2, 0) is 9.84 Å². The van der Waals surface area contributed by atoms with E-state index in [0.29, 0.717) is 10.6 Å². The highest BCUT2D eigenvalue weighted by atomic mass is 35.5. The summed E-state index contributed by atoms with van der Waals surface area (Å²) in [6, 6.07) is 12.2. The van der Waals surface area contributed by atoms with Crippen molar-refractivity contribution in [1.29, 1.82) is 0 Å². The molecule has 2 aromatic rings. The summed E-state index contributed by atoms with van der Waals surface area (Å²) in [5.74, 6) is -0.613. The van der Waals surface area contributed by atoms with Gasteiger partial charge >= 0.3 is 0 Å². The molecule has 1 heterocycles. The Bertz CT molecular complexity index is 993. The maximum atomic E-state index is 12.7. The zero-order valence-electron chi connectivity index (χ0n) is 14.2. The largest absolute Gasteiger partial charge is 0.338 e. The van der Waals surface area contributed by atoms with Crippen molar-refractivity contribution in [2.75, 3.05) is 18.8 Å². The van der Waals surface area contributed by atoms with Gasteiger partial charge in [-0.1, -0.05) is 35.9 Å². The van der Waals surface area contributed by atoms with Gasteiger partial charge in [-0.3, -0.25) is 14.9 Å². The van der Waals surface area contributed by atoms with Crippen molar-refractivity contribution in [3.8, 4) is 0 Å². The molecule has 0 saturated carbocycles. The molecule has 1 amide bonds. The number of hydrogen-bond acceptors (Lipinski definition) is 5. The number of hydrogen-bond donors (Lipinski definition) is 0. The summed E-state index contributed by atoms with van der Waals surface area (Å²) in [5.41, 5.74) is 0.513. The van der Waals surface area contributed by atoms with Gasteiger partial charge in [0.1, 0.15) is 0 Å². The predicted molar refractivity (Wildman–Crippen MR) is 102 cm³/mol. The molecule has 1 fully saturated rings. The number of nitro groups is 1. The van der Waals surface area contributed by atoms with Crippen molar-refractivity contribution in [2.24, 2.45) is 0 Å². The maximum absolute atomic E-state index is 12.7. The van der Waals surface area contributed by atoms with E-state index in [-0.39, 0.29) is 36.5 Å². The number of amides is 1. The van der Waals surface area contributed by atoms with E-state index in [4.69, 9.17) is 11.6 Å². The molecular formula is C18H17ClN2O5S. The minimum absolute atomic E-state index is 0.0326. The quantitative estimate of drug-likeness (QED) is 0.573. The van der Waals surface area contributed by atoms with Crippen LogP contribution in [0.5, 0.6) is 0 Å². The highest BCUT2D eigenvalue weighted by Crippen LogP contribution is 2.34. The summed E-state index contributed by atoms with van der Waals surface area (Å²) in [7, 11) is -3.49. The van der Waals surface area contributed by atoms with Crippen LogP contribution in [-0.4, -0.2) is 43.0 Å². The van der Waals surface area contributed by atoms with Gasteiger partial charge in [-0.2, -0.15) is 0 Å². The number of nitrogens with zero attached hydrogens (tertiary/aromatic N) is 2. The molecule has 0 bridgehead atoms. The molecule has 9 heteroatoms. The molecule has 0 aliphatic carbocycles.